The zero-order valence-corrected chi connectivity index (χ0v) is 19.8. The number of anilines is 2. The summed E-state index contributed by atoms with van der Waals surface area (Å²) in [4.78, 5) is 35.1. The highest BCUT2D eigenvalue weighted by Crippen LogP contribution is 2.57. The molecule has 0 bridgehead atoms. The highest BCUT2D eigenvalue weighted by atomic mass is 16.3. The molecular formula is C28H32N2O4. The van der Waals surface area contributed by atoms with E-state index in [-0.39, 0.29) is 24.2 Å². The SMILES string of the molecule is Cc1ccc(N2C(=O)[C@@]3(CCN4C[C@@H]5CC[C@H](O)[C@H](C)[C@H]5C[C@H]43)c3ccccc32)cc1.O=C=O. The van der Waals surface area contributed by atoms with Crippen LogP contribution in [0.15, 0.2) is 48.5 Å². The number of carbonyl (C=O) groups excluding carboxylic acids is 3. The number of rotatable bonds is 1. The minimum absolute atomic E-state index is 0.194. The van der Waals surface area contributed by atoms with E-state index in [0.717, 1.165) is 50.1 Å². The number of aliphatic hydroxyl groups is 1. The molecule has 6 atom stereocenters. The van der Waals surface area contributed by atoms with Crippen LogP contribution < -0.4 is 4.90 Å². The molecule has 2 aromatic rings. The topological polar surface area (TPSA) is 77.9 Å². The van der Waals surface area contributed by atoms with Crippen molar-refractivity contribution in [2.24, 2.45) is 17.8 Å². The maximum atomic E-state index is 14.3. The van der Waals surface area contributed by atoms with Gasteiger partial charge in [0, 0.05) is 18.3 Å². The number of amides is 1. The quantitative estimate of drug-likeness (QED) is 0.700. The largest absolute Gasteiger partial charge is 0.393 e. The van der Waals surface area contributed by atoms with Gasteiger partial charge in [0.2, 0.25) is 5.91 Å². The molecule has 3 heterocycles. The van der Waals surface area contributed by atoms with E-state index in [1.165, 1.54) is 11.1 Å². The minimum atomic E-state index is -0.464. The fourth-order valence-corrected chi connectivity index (χ4v) is 7.28. The summed E-state index contributed by atoms with van der Waals surface area (Å²) in [5.74, 6) is 1.73. The first-order valence-corrected chi connectivity index (χ1v) is 12.3. The molecule has 4 aliphatic rings. The molecule has 6 rings (SSSR count). The highest BCUT2D eigenvalue weighted by molar-refractivity contribution is 6.13. The second-order valence-electron chi connectivity index (χ2n) is 10.5. The van der Waals surface area contributed by atoms with E-state index in [1.807, 2.05) is 4.90 Å². The van der Waals surface area contributed by atoms with Gasteiger partial charge in [-0.25, -0.2) is 0 Å². The standard InChI is InChI=1S/C27H32N2O2.CO2/c1-17-7-10-20(11-8-17)29-23-6-4-3-5-22(23)27(26(29)31)13-14-28-16-19-9-12-24(30)18(2)21(19)15-25(27)28;2-1-3/h3-8,10-11,18-19,21,24-25,30H,9,12-16H2,1-2H3;/t18-,19+,21-,24+,25+,27+;/m1./s1. The smallest absolute Gasteiger partial charge is 0.373 e. The number of benzene rings is 2. The van der Waals surface area contributed by atoms with Gasteiger partial charge >= 0.3 is 6.15 Å². The normalized spacial score (nSPS) is 34.0. The Kier molecular flexibility index (Phi) is 5.93. The Bertz CT molecular complexity index is 1110. The maximum Gasteiger partial charge on any atom is 0.373 e. The highest BCUT2D eigenvalue weighted by Gasteiger charge is 2.62. The molecule has 0 aromatic heterocycles. The lowest BCUT2D eigenvalue weighted by Crippen LogP contribution is -2.56. The van der Waals surface area contributed by atoms with Crippen molar-refractivity contribution >= 4 is 23.4 Å². The van der Waals surface area contributed by atoms with Gasteiger partial charge in [-0.15, -0.1) is 0 Å². The average Bonchev–Trinajstić information content (AvgIpc) is 3.33. The first kappa shape index (κ1) is 23.0. The lowest BCUT2D eigenvalue weighted by molar-refractivity contribution is -0.191. The van der Waals surface area contributed by atoms with Gasteiger partial charge in [0.1, 0.15) is 0 Å². The summed E-state index contributed by atoms with van der Waals surface area (Å²) in [5.41, 5.74) is 3.96. The van der Waals surface area contributed by atoms with Gasteiger partial charge in [-0.05, 0) is 80.7 Å². The van der Waals surface area contributed by atoms with E-state index in [9.17, 15) is 9.90 Å². The Morgan fingerprint density at radius 1 is 1.06 bits per heavy atom. The van der Waals surface area contributed by atoms with Crippen LogP contribution in [0.3, 0.4) is 0 Å². The second kappa shape index (κ2) is 8.77. The molecule has 34 heavy (non-hydrogen) atoms. The number of carbonyl (C=O) groups is 1. The van der Waals surface area contributed by atoms with Crippen molar-refractivity contribution in [1.29, 1.82) is 0 Å². The molecule has 2 aromatic carbocycles. The number of fused-ring (bicyclic) bond motifs is 5. The predicted molar refractivity (Wildman–Crippen MR) is 127 cm³/mol. The first-order chi connectivity index (χ1) is 16.4. The number of hydrogen-bond donors (Lipinski definition) is 1. The van der Waals surface area contributed by atoms with Crippen molar-refractivity contribution in [3.8, 4) is 0 Å². The molecule has 178 valence electrons. The molecule has 0 radical (unpaired) electrons. The summed E-state index contributed by atoms with van der Waals surface area (Å²) in [5, 5.41) is 10.5. The van der Waals surface area contributed by atoms with Crippen LogP contribution in [0.5, 0.6) is 0 Å². The lowest BCUT2D eigenvalue weighted by atomic mass is 9.62. The predicted octanol–water partition coefficient (Wildman–Crippen LogP) is 3.83. The van der Waals surface area contributed by atoms with Gasteiger partial charge in [0.25, 0.3) is 0 Å². The lowest BCUT2D eigenvalue weighted by Gasteiger charge is -2.50. The molecule has 1 amide bonds. The van der Waals surface area contributed by atoms with Crippen LogP contribution in [0, 0.1) is 24.7 Å². The van der Waals surface area contributed by atoms with Gasteiger partial charge < -0.3 is 5.11 Å². The zero-order valence-electron chi connectivity index (χ0n) is 19.8. The van der Waals surface area contributed by atoms with Crippen LogP contribution in [0.4, 0.5) is 11.4 Å². The molecule has 1 N–H and O–H groups in total. The molecule has 6 nitrogen and oxygen atoms in total. The minimum Gasteiger partial charge on any atom is -0.393 e. The Balaban J connectivity index is 0.000000764. The third-order valence-electron chi connectivity index (χ3n) is 8.99. The van der Waals surface area contributed by atoms with Crippen molar-refractivity contribution in [1.82, 2.24) is 4.90 Å². The van der Waals surface area contributed by atoms with Crippen molar-refractivity contribution < 1.29 is 19.5 Å². The first-order valence-electron chi connectivity index (χ1n) is 12.3. The third-order valence-corrected chi connectivity index (χ3v) is 8.99. The molecule has 0 unspecified atom stereocenters. The Morgan fingerprint density at radius 3 is 2.50 bits per heavy atom. The van der Waals surface area contributed by atoms with E-state index in [0.29, 0.717) is 17.8 Å². The maximum absolute atomic E-state index is 14.3. The van der Waals surface area contributed by atoms with Crippen molar-refractivity contribution in [2.75, 3.05) is 18.0 Å². The molecule has 6 heteroatoms. The number of piperidine rings is 1. The number of hydrogen-bond acceptors (Lipinski definition) is 5. The summed E-state index contributed by atoms with van der Waals surface area (Å²) >= 11 is 0. The average molecular weight is 461 g/mol. The summed E-state index contributed by atoms with van der Waals surface area (Å²) in [6.45, 7) is 6.38. The van der Waals surface area contributed by atoms with Crippen molar-refractivity contribution in [2.45, 2.75) is 57.1 Å². The van der Waals surface area contributed by atoms with Gasteiger partial charge in [-0.2, -0.15) is 9.59 Å². The number of para-hydroxylation sites is 1. The summed E-state index contributed by atoms with van der Waals surface area (Å²) in [6, 6.07) is 17.0. The molecule has 1 saturated carbocycles. The molecule has 2 saturated heterocycles. The number of nitrogens with zero attached hydrogens (tertiary/aromatic N) is 2. The van der Waals surface area contributed by atoms with Crippen LogP contribution in [0.1, 0.15) is 43.7 Å². The van der Waals surface area contributed by atoms with Gasteiger partial charge in [-0.3, -0.25) is 14.6 Å². The Morgan fingerprint density at radius 2 is 1.76 bits per heavy atom. The van der Waals surface area contributed by atoms with Crippen molar-refractivity contribution in [3.63, 3.8) is 0 Å². The Hall–Kier alpha value is -2.79. The second-order valence-corrected chi connectivity index (χ2v) is 10.5. The van der Waals surface area contributed by atoms with Crippen LogP contribution in [-0.4, -0.2) is 47.3 Å². The summed E-state index contributed by atoms with van der Waals surface area (Å²) in [7, 11) is 0. The van der Waals surface area contributed by atoms with Gasteiger partial charge in [0.15, 0.2) is 0 Å². The molecule has 3 fully saturated rings. The molecule has 1 spiro atoms. The molecule has 1 aliphatic carbocycles. The summed E-state index contributed by atoms with van der Waals surface area (Å²) in [6.07, 6.45) is 4.01. The van der Waals surface area contributed by atoms with E-state index < -0.39 is 5.41 Å². The fourth-order valence-electron chi connectivity index (χ4n) is 7.28. The van der Waals surface area contributed by atoms with Gasteiger partial charge in [-0.1, -0.05) is 42.8 Å². The van der Waals surface area contributed by atoms with E-state index in [1.54, 1.807) is 0 Å². The van der Waals surface area contributed by atoms with E-state index in [2.05, 4.69) is 67.3 Å². The summed E-state index contributed by atoms with van der Waals surface area (Å²) < 4.78 is 0. The van der Waals surface area contributed by atoms with Crippen LogP contribution in [0.25, 0.3) is 0 Å². The monoisotopic (exact) mass is 460 g/mol. The van der Waals surface area contributed by atoms with E-state index in [4.69, 9.17) is 9.59 Å². The number of aliphatic hydroxyl groups excluding tert-OH is 1. The fraction of sp³-hybridized carbons (Fsp3) is 0.500. The van der Waals surface area contributed by atoms with Crippen LogP contribution in [0.2, 0.25) is 0 Å². The van der Waals surface area contributed by atoms with Gasteiger partial charge in [0.05, 0.1) is 17.2 Å². The zero-order chi connectivity index (χ0) is 24.0. The number of aryl methyl sites for hydroxylation is 1. The molecular weight excluding hydrogens is 428 g/mol. The molecule has 3 aliphatic heterocycles. The van der Waals surface area contributed by atoms with Crippen LogP contribution in [-0.2, 0) is 19.8 Å². The Labute approximate surface area is 200 Å². The van der Waals surface area contributed by atoms with Crippen LogP contribution >= 0.6 is 0 Å². The van der Waals surface area contributed by atoms with E-state index >= 15 is 0 Å². The van der Waals surface area contributed by atoms with Crippen molar-refractivity contribution in [3.05, 3.63) is 59.7 Å². The third kappa shape index (κ3) is 3.36.